The molecule has 1 aromatic heterocycles. The molecular formula is C16H22IN3. The standard InChI is InChI=1S/C16H22IN3/c1-14-3-10-4-15(2,7-14)9-16(5-10,8-14)13-19-6-11(17)12(18)20-13/h6,10H,3-5,7-9H2,1-2H3,(H2,18,19,20). The molecule has 0 aliphatic heterocycles. The third-order valence-electron chi connectivity index (χ3n) is 5.87. The summed E-state index contributed by atoms with van der Waals surface area (Å²) in [5.41, 5.74) is 7.23. The molecule has 4 aliphatic rings. The maximum atomic E-state index is 6.05. The molecule has 20 heavy (non-hydrogen) atoms. The Balaban J connectivity index is 1.82. The van der Waals surface area contributed by atoms with Gasteiger partial charge in [-0.3, -0.25) is 0 Å². The van der Waals surface area contributed by atoms with E-state index in [-0.39, 0.29) is 5.41 Å². The van der Waals surface area contributed by atoms with E-state index < -0.39 is 0 Å². The van der Waals surface area contributed by atoms with Gasteiger partial charge in [0.15, 0.2) is 0 Å². The molecule has 1 aromatic rings. The zero-order valence-corrected chi connectivity index (χ0v) is 14.4. The fourth-order valence-electron chi connectivity index (χ4n) is 6.33. The van der Waals surface area contributed by atoms with Crippen molar-refractivity contribution in [3.05, 3.63) is 15.6 Å². The van der Waals surface area contributed by atoms with Crippen LogP contribution in [0.4, 0.5) is 5.82 Å². The molecule has 2 N–H and O–H groups in total. The van der Waals surface area contributed by atoms with Crippen molar-refractivity contribution in [2.24, 2.45) is 16.7 Å². The summed E-state index contributed by atoms with van der Waals surface area (Å²) in [6.45, 7) is 4.97. The Bertz CT molecular complexity index is 567. The minimum Gasteiger partial charge on any atom is -0.383 e. The Morgan fingerprint density at radius 3 is 2.35 bits per heavy atom. The van der Waals surface area contributed by atoms with Crippen LogP contribution in [0.25, 0.3) is 0 Å². The molecule has 4 heteroatoms. The van der Waals surface area contributed by atoms with E-state index in [1.807, 2.05) is 6.20 Å². The van der Waals surface area contributed by atoms with Crippen molar-refractivity contribution >= 4 is 28.4 Å². The summed E-state index contributed by atoms with van der Waals surface area (Å²) in [5, 5.41) is 0. The lowest BCUT2D eigenvalue weighted by Gasteiger charge is -2.64. The summed E-state index contributed by atoms with van der Waals surface area (Å²) in [4.78, 5) is 9.38. The van der Waals surface area contributed by atoms with E-state index in [9.17, 15) is 0 Å². The molecule has 108 valence electrons. The topological polar surface area (TPSA) is 51.8 Å². The first-order valence-electron chi connectivity index (χ1n) is 7.60. The van der Waals surface area contributed by atoms with Gasteiger partial charge in [-0.05, 0) is 77.9 Å². The predicted molar refractivity (Wildman–Crippen MR) is 88.2 cm³/mol. The van der Waals surface area contributed by atoms with E-state index in [1.165, 1.54) is 38.5 Å². The Hall–Kier alpha value is -0.390. The second-order valence-electron chi connectivity index (χ2n) is 8.34. The summed E-state index contributed by atoms with van der Waals surface area (Å²) >= 11 is 2.22. The van der Waals surface area contributed by atoms with E-state index in [2.05, 4.69) is 41.4 Å². The van der Waals surface area contributed by atoms with E-state index >= 15 is 0 Å². The van der Waals surface area contributed by atoms with Gasteiger partial charge in [0.2, 0.25) is 0 Å². The Kier molecular flexibility index (Phi) is 2.57. The number of halogens is 1. The van der Waals surface area contributed by atoms with E-state index in [1.54, 1.807) is 0 Å². The smallest absolute Gasteiger partial charge is 0.140 e. The van der Waals surface area contributed by atoms with Gasteiger partial charge >= 0.3 is 0 Å². The van der Waals surface area contributed by atoms with Gasteiger partial charge in [0.05, 0.1) is 3.57 Å². The molecule has 0 radical (unpaired) electrons. The highest BCUT2D eigenvalue weighted by molar-refractivity contribution is 14.1. The molecule has 4 aliphatic carbocycles. The first kappa shape index (κ1) is 13.3. The molecule has 1 heterocycles. The molecule has 3 nitrogen and oxygen atoms in total. The molecule has 0 amide bonds. The van der Waals surface area contributed by atoms with Crippen LogP contribution in [0.3, 0.4) is 0 Å². The van der Waals surface area contributed by atoms with Crippen LogP contribution in [-0.2, 0) is 5.41 Å². The number of hydrogen-bond donors (Lipinski definition) is 1. The van der Waals surface area contributed by atoms with Gasteiger partial charge in [0.25, 0.3) is 0 Å². The molecule has 0 spiro atoms. The molecule has 4 fully saturated rings. The maximum Gasteiger partial charge on any atom is 0.140 e. The normalized spacial score (nSPS) is 45.9. The van der Waals surface area contributed by atoms with Gasteiger partial charge in [-0.2, -0.15) is 0 Å². The average molecular weight is 383 g/mol. The van der Waals surface area contributed by atoms with Crippen LogP contribution in [0.5, 0.6) is 0 Å². The lowest BCUT2D eigenvalue weighted by Crippen LogP contribution is -2.57. The first-order valence-corrected chi connectivity index (χ1v) is 8.68. The number of hydrogen-bond acceptors (Lipinski definition) is 3. The zero-order chi connectivity index (χ0) is 14.2. The number of nitrogen functional groups attached to an aromatic ring is 1. The van der Waals surface area contributed by atoms with Gasteiger partial charge in [-0.25, -0.2) is 9.97 Å². The van der Waals surface area contributed by atoms with Crippen LogP contribution in [0.15, 0.2) is 6.20 Å². The number of rotatable bonds is 1. The largest absolute Gasteiger partial charge is 0.383 e. The van der Waals surface area contributed by atoms with Crippen molar-refractivity contribution < 1.29 is 0 Å². The summed E-state index contributed by atoms with van der Waals surface area (Å²) in [6, 6.07) is 0. The second-order valence-corrected chi connectivity index (χ2v) is 9.50. The van der Waals surface area contributed by atoms with Gasteiger partial charge in [0.1, 0.15) is 11.6 Å². The maximum absolute atomic E-state index is 6.05. The molecule has 0 aromatic carbocycles. The summed E-state index contributed by atoms with van der Waals surface area (Å²) in [7, 11) is 0. The van der Waals surface area contributed by atoms with Crippen molar-refractivity contribution in [2.75, 3.05) is 5.73 Å². The third-order valence-corrected chi connectivity index (χ3v) is 6.70. The molecule has 2 atom stereocenters. The predicted octanol–water partition coefficient (Wildman–Crippen LogP) is 3.91. The van der Waals surface area contributed by atoms with Crippen LogP contribution in [0, 0.1) is 20.3 Å². The van der Waals surface area contributed by atoms with Gasteiger partial charge in [-0.1, -0.05) is 13.8 Å². The van der Waals surface area contributed by atoms with E-state index in [0.717, 1.165) is 15.3 Å². The summed E-state index contributed by atoms with van der Waals surface area (Å²) in [6.07, 6.45) is 9.89. The number of nitrogens with zero attached hydrogens (tertiary/aromatic N) is 2. The van der Waals surface area contributed by atoms with Crippen LogP contribution in [0.1, 0.15) is 58.2 Å². The SMILES string of the molecule is CC12CC3CC(C)(C1)CC(c1ncc(I)c(N)n1)(C3)C2. The molecule has 4 bridgehead atoms. The lowest BCUT2D eigenvalue weighted by atomic mass is 9.40. The third kappa shape index (κ3) is 1.82. The summed E-state index contributed by atoms with van der Waals surface area (Å²) < 4.78 is 0.966. The molecule has 0 saturated heterocycles. The van der Waals surface area contributed by atoms with E-state index in [0.29, 0.717) is 16.6 Å². The minimum atomic E-state index is 0.196. The van der Waals surface area contributed by atoms with Gasteiger partial charge < -0.3 is 5.73 Å². The fraction of sp³-hybridized carbons (Fsp3) is 0.750. The van der Waals surface area contributed by atoms with Crippen molar-refractivity contribution in [1.29, 1.82) is 0 Å². The highest BCUT2D eigenvalue weighted by atomic mass is 127. The zero-order valence-electron chi connectivity index (χ0n) is 12.2. The number of nitrogens with two attached hydrogens (primary N) is 1. The molecule has 5 rings (SSSR count). The highest BCUT2D eigenvalue weighted by Gasteiger charge is 2.61. The van der Waals surface area contributed by atoms with Crippen molar-refractivity contribution in [3.63, 3.8) is 0 Å². The minimum absolute atomic E-state index is 0.196. The number of aromatic nitrogens is 2. The lowest BCUT2D eigenvalue weighted by molar-refractivity contribution is -0.112. The highest BCUT2D eigenvalue weighted by Crippen LogP contribution is 2.69. The second kappa shape index (κ2) is 3.87. The Morgan fingerprint density at radius 1 is 1.15 bits per heavy atom. The van der Waals surface area contributed by atoms with Crippen LogP contribution >= 0.6 is 22.6 Å². The van der Waals surface area contributed by atoms with Crippen molar-refractivity contribution in [3.8, 4) is 0 Å². The van der Waals surface area contributed by atoms with Gasteiger partial charge in [-0.15, -0.1) is 0 Å². The summed E-state index contributed by atoms with van der Waals surface area (Å²) in [5.74, 6) is 2.55. The van der Waals surface area contributed by atoms with Crippen molar-refractivity contribution in [1.82, 2.24) is 9.97 Å². The van der Waals surface area contributed by atoms with Crippen LogP contribution in [0.2, 0.25) is 0 Å². The number of anilines is 1. The average Bonchev–Trinajstić information content (AvgIpc) is 2.27. The molecular weight excluding hydrogens is 361 g/mol. The van der Waals surface area contributed by atoms with E-state index in [4.69, 9.17) is 10.7 Å². The van der Waals surface area contributed by atoms with Gasteiger partial charge in [0, 0.05) is 11.6 Å². The van der Waals surface area contributed by atoms with Crippen LogP contribution < -0.4 is 5.73 Å². The quantitative estimate of drug-likeness (QED) is 0.749. The monoisotopic (exact) mass is 383 g/mol. The Labute approximate surface area is 134 Å². The van der Waals surface area contributed by atoms with Crippen molar-refractivity contribution in [2.45, 2.75) is 57.8 Å². The fourth-order valence-corrected chi connectivity index (χ4v) is 6.59. The first-order chi connectivity index (χ1) is 9.32. The molecule has 2 unspecified atom stereocenters. The van der Waals surface area contributed by atoms with Crippen LogP contribution in [-0.4, -0.2) is 9.97 Å². The molecule has 4 saturated carbocycles. The Morgan fingerprint density at radius 2 is 1.80 bits per heavy atom.